The molecule has 1 aromatic carbocycles. The van der Waals surface area contributed by atoms with Crippen molar-refractivity contribution in [1.82, 2.24) is 0 Å². The maximum absolute atomic E-state index is 6.27. The number of rotatable bonds is 3. The van der Waals surface area contributed by atoms with Gasteiger partial charge in [0.15, 0.2) is 0 Å². The summed E-state index contributed by atoms with van der Waals surface area (Å²) in [5, 5.41) is 0. The third-order valence-corrected chi connectivity index (χ3v) is 3.90. The Hall–Kier alpha value is -1.02. The second-order valence-corrected chi connectivity index (χ2v) is 5.12. The molecular weight excluding hydrogens is 210 g/mol. The summed E-state index contributed by atoms with van der Waals surface area (Å²) in [5.74, 6) is 1.61. The van der Waals surface area contributed by atoms with E-state index in [-0.39, 0.29) is 12.1 Å². The molecule has 1 heterocycles. The fourth-order valence-corrected chi connectivity index (χ4v) is 2.76. The van der Waals surface area contributed by atoms with Crippen LogP contribution in [0.2, 0.25) is 0 Å². The molecule has 17 heavy (non-hydrogen) atoms. The van der Waals surface area contributed by atoms with Gasteiger partial charge in [0, 0.05) is 18.0 Å². The van der Waals surface area contributed by atoms with Crippen molar-refractivity contribution in [2.45, 2.75) is 52.2 Å². The van der Waals surface area contributed by atoms with Gasteiger partial charge in [-0.25, -0.2) is 0 Å². The van der Waals surface area contributed by atoms with E-state index in [0.717, 1.165) is 25.0 Å². The van der Waals surface area contributed by atoms with Gasteiger partial charge in [-0.2, -0.15) is 0 Å². The van der Waals surface area contributed by atoms with Gasteiger partial charge in [0.2, 0.25) is 0 Å². The molecule has 2 rings (SSSR count). The maximum atomic E-state index is 6.27. The summed E-state index contributed by atoms with van der Waals surface area (Å²) in [6.07, 6.45) is 3.56. The molecule has 0 amide bonds. The summed E-state index contributed by atoms with van der Waals surface area (Å²) in [4.78, 5) is 0. The monoisotopic (exact) mass is 233 g/mol. The molecule has 2 heteroatoms. The smallest absolute Gasteiger partial charge is 0.124 e. The number of aryl methyl sites for hydroxylation is 1. The highest BCUT2D eigenvalue weighted by molar-refractivity contribution is 5.40. The number of hydrogen-bond donors (Lipinski definition) is 1. The third kappa shape index (κ3) is 2.47. The van der Waals surface area contributed by atoms with Gasteiger partial charge in [-0.1, -0.05) is 31.5 Å². The number of benzene rings is 1. The molecule has 0 spiro atoms. The molecule has 1 aliphatic heterocycles. The van der Waals surface area contributed by atoms with Crippen LogP contribution in [0.5, 0.6) is 5.75 Å². The van der Waals surface area contributed by atoms with Crippen LogP contribution >= 0.6 is 0 Å². The number of fused-ring (bicyclic) bond motifs is 1. The van der Waals surface area contributed by atoms with Crippen LogP contribution < -0.4 is 10.5 Å². The Morgan fingerprint density at radius 1 is 1.35 bits per heavy atom. The Balaban J connectivity index is 2.24. The van der Waals surface area contributed by atoms with Crippen LogP contribution in [0.15, 0.2) is 18.2 Å². The summed E-state index contributed by atoms with van der Waals surface area (Å²) < 4.78 is 6.12. The Bertz CT molecular complexity index is 385. The minimum absolute atomic E-state index is 0.129. The van der Waals surface area contributed by atoms with Gasteiger partial charge in [0.1, 0.15) is 11.9 Å². The van der Waals surface area contributed by atoms with Crippen molar-refractivity contribution in [1.29, 1.82) is 0 Å². The van der Waals surface area contributed by atoms with E-state index in [1.807, 2.05) is 0 Å². The van der Waals surface area contributed by atoms with Crippen LogP contribution in [0.25, 0.3) is 0 Å². The molecule has 0 aliphatic carbocycles. The van der Waals surface area contributed by atoms with E-state index in [1.54, 1.807) is 0 Å². The van der Waals surface area contributed by atoms with Crippen molar-refractivity contribution >= 4 is 0 Å². The number of hydrogen-bond acceptors (Lipinski definition) is 2. The van der Waals surface area contributed by atoms with Gasteiger partial charge in [-0.05, 0) is 31.7 Å². The normalized spacial score (nSPS) is 23.4. The molecule has 0 saturated heterocycles. The molecule has 0 saturated carbocycles. The highest BCUT2D eigenvalue weighted by Gasteiger charge is 2.30. The molecule has 1 aromatic rings. The van der Waals surface area contributed by atoms with E-state index in [4.69, 9.17) is 10.5 Å². The minimum atomic E-state index is 0.129. The molecule has 0 bridgehead atoms. The second kappa shape index (κ2) is 5.09. The maximum Gasteiger partial charge on any atom is 0.124 e. The minimum Gasteiger partial charge on any atom is -0.490 e. The van der Waals surface area contributed by atoms with Gasteiger partial charge in [-0.3, -0.25) is 0 Å². The molecule has 0 fully saturated rings. The summed E-state index contributed by atoms with van der Waals surface area (Å²) in [6, 6.07) is 6.45. The molecule has 2 N–H and O–H groups in total. The molecule has 0 aromatic heterocycles. The van der Waals surface area contributed by atoms with E-state index in [0.29, 0.717) is 5.92 Å². The van der Waals surface area contributed by atoms with Crippen LogP contribution in [0.3, 0.4) is 0 Å². The molecular formula is C15H23NO. The van der Waals surface area contributed by atoms with Crippen molar-refractivity contribution in [3.63, 3.8) is 0 Å². The highest BCUT2D eigenvalue weighted by Crippen LogP contribution is 2.37. The third-order valence-electron chi connectivity index (χ3n) is 3.90. The number of nitrogens with two attached hydrogens (primary N) is 1. The van der Waals surface area contributed by atoms with E-state index in [2.05, 4.69) is 39.0 Å². The lowest BCUT2D eigenvalue weighted by Crippen LogP contribution is -2.35. The SMILES string of the molecule is CCC(CC)C1C[C@H](N)c2cc(C)ccc2O1. The molecule has 1 aliphatic rings. The van der Waals surface area contributed by atoms with E-state index in [9.17, 15) is 0 Å². The van der Waals surface area contributed by atoms with Crippen LogP contribution in [0.1, 0.15) is 50.3 Å². The summed E-state index contributed by atoms with van der Waals surface area (Å²) >= 11 is 0. The zero-order chi connectivity index (χ0) is 12.4. The molecule has 1 unspecified atom stereocenters. The van der Waals surface area contributed by atoms with Crippen molar-refractivity contribution in [2.75, 3.05) is 0 Å². The first-order valence-electron chi connectivity index (χ1n) is 6.68. The largest absolute Gasteiger partial charge is 0.490 e. The second-order valence-electron chi connectivity index (χ2n) is 5.12. The average molecular weight is 233 g/mol. The predicted molar refractivity (Wildman–Crippen MR) is 71.2 cm³/mol. The molecule has 0 radical (unpaired) electrons. The van der Waals surface area contributed by atoms with Gasteiger partial charge in [0.05, 0.1) is 0 Å². The molecule has 2 atom stereocenters. The standard InChI is InChI=1S/C15H23NO/c1-4-11(5-2)15-9-13(16)12-8-10(3)6-7-14(12)17-15/h6-8,11,13,15H,4-5,9,16H2,1-3H3/t13-,15?/m0/s1. The van der Waals surface area contributed by atoms with E-state index in [1.165, 1.54) is 11.1 Å². The molecule has 94 valence electrons. The Labute approximate surface area is 104 Å². The number of ether oxygens (including phenoxy) is 1. The van der Waals surface area contributed by atoms with E-state index >= 15 is 0 Å². The first kappa shape index (κ1) is 12.4. The van der Waals surface area contributed by atoms with Crippen molar-refractivity contribution in [2.24, 2.45) is 11.7 Å². The first-order chi connectivity index (χ1) is 8.15. The zero-order valence-corrected chi connectivity index (χ0v) is 11.1. The molecule has 2 nitrogen and oxygen atoms in total. The lowest BCUT2D eigenvalue weighted by Gasteiger charge is -2.34. The Kier molecular flexibility index (Phi) is 3.72. The van der Waals surface area contributed by atoms with Gasteiger partial charge in [-0.15, -0.1) is 0 Å². The van der Waals surface area contributed by atoms with Gasteiger partial charge >= 0.3 is 0 Å². The van der Waals surface area contributed by atoms with Gasteiger partial charge in [0.25, 0.3) is 0 Å². The topological polar surface area (TPSA) is 35.2 Å². The van der Waals surface area contributed by atoms with Crippen LogP contribution in [0, 0.1) is 12.8 Å². The lowest BCUT2D eigenvalue weighted by molar-refractivity contribution is 0.0944. The quantitative estimate of drug-likeness (QED) is 0.866. The Morgan fingerprint density at radius 2 is 2.06 bits per heavy atom. The highest BCUT2D eigenvalue weighted by atomic mass is 16.5. The summed E-state index contributed by atoms with van der Waals surface area (Å²) in [6.45, 7) is 6.56. The lowest BCUT2D eigenvalue weighted by atomic mass is 9.87. The van der Waals surface area contributed by atoms with Crippen molar-refractivity contribution < 1.29 is 4.74 Å². The van der Waals surface area contributed by atoms with Crippen molar-refractivity contribution in [3.05, 3.63) is 29.3 Å². The van der Waals surface area contributed by atoms with Gasteiger partial charge < -0.3 is 10.5 Å². The van der Waals surface area contributed by atoms with Crippen LogP contribution in [-0.4, -0.2) is 6.10 Å². The Morgan fingerprint density at radius 3 is 2.71 bits per heavy atom. The van der Waals surface area contributed by atoms with Crippen molar-refractivity contribution in [3.8, 4) is 5.75 Å². The van der Waals surface area contributed by atoms with Crippen LogP contribution in [-0.2, 0) is 0 Å². The first-order valence-corrected chi connectivity index (χ1v) is 6.68. The summed E-state index contributed by atoms with van der Waals surface area (Å²) in [5.41, 5.74) is 8.70. The average Bonchev–Trinajstić information content (AvgIpc) is 2.32. The van der Waals surface area contributed by atoms with E-state index < -0.39 is 0 Å². The fourth-order valence-electron chi connectivity index (χ4n) is 2.76. The predicted octanol–water partition coefficient (Wildman–Crippen LogP) is 3.58. The van der Waals surface area contributed by atoms with Crippen LogP contribution in [0.4, 0.5) is 0 Å². The fraction of sp³-hybridized carbons (Fsp3) is 0.600. The summed E-state index contributed by atoms with van der Waals surface area (Å²) in [7, 11) is 0. The zero-order valence-electron chi connectivity index (χ0n) is 11.1.